The first-order chi connectivity index (χ1) is 48.0. The van der Waals surface area contributed by atoms with Crippen LogP contribution < -0.4 is 4.74 Å². The van der Waals surface area contributed by atoms with Gasteiger partial charge in [-0.25, -0.2) is 0 Å². The van der Waals surface area contributed by atoms with Crippen LogP contribution in [0.4, 0.5) is 0 Å². The minimum atomic E-state index is 0.587. The quantitative estimate of drug-likeness (QED) is 0.0370. The summed E-state index contributed by atoms with van der Waals surface area (Å²) in [5.41, 5.74) is 5.24. The molecule has 0 radical (unpaired) electrons. The van der Waals surface area contributed by atoms with E-state index in [1.807, 2.05) is 79.8 Å². The molecule has 576 valence electrons. The molecule has 2 aliphatic carbocycles. The Labute approximate surface area is 624 Å². The van der Waals surface area contributed by atoms with E-state index in [0.717, 1.165) is 58.0 Å². The van der Waals surface area contributed by atoms with E-state index in [2.05, 4.69) is 211 Å². The zero-order valence-corrected chi connectivity index (χ0v) is 69.9. The summed E-state index contributed by atoms with van der Waals surface area (Å²) in [7, 11) is 0. The molecule has 2 aliphatic rings. The van der Waals surface area contributed by atoms with Crippen LogP contribution in [0.2, 0.25) is 0 Å². The second-order valence-corrected chi connectivity index (χ2v) is 26.6. The van der Waals surface area contributed by atoms with Gasteiger partial charge in [-0.3, -0.25) is 0 Å². The summed E-state index contributed by atoms with van der Waals surface area (Å²) in [5.74, 6) is 0.953. The van der Waals surface area contributed by atoms with Crippen LogP contribution >= 0.6 is 0 Å². The van der Waals surface area contributed by atoms with Gasteiger partial charge in [0.2, 0.25) is 0 Å². The van der Waals surface area contributed by atoms with Crippen LogP contribution in [0.5, 0.6) is 5.75 Å². The molecule has 0 amide bonds. The highest BCUT2D eigenvalue weighted by Crippen LogP contribution is 2.44. The van der Waals surface area contributed by atoms with Crippen molar-refractivity contribution in [3.05, 3.63) is 202 Å². The summed E-state index contributed by atoms with van der Waals surface area (Å²) in [6, 6.07) is 8.12. The monoisotopic (exact) mass is 1380 g/mol. The normalized spacial score (nSPS) is 12.3. The van der Waals surface area contributed by atoms with E-state index >= 15 is 0 Å². The molecule has 99 heavy (non-hydrogen) atoms. The van der Waals surface area contributed by atoms with Crippen LogP contribution in [0.15, 0.2) is 197 Å². The molecule has 0 unspecified atom stereocenters. The summed E-state index contributed by atoms with van der Waals surface area (Å²) in [5, 5.41) is 0. The molecule has 3 nitrogen and oxygen atoms in total. The van der Waals surface area contributed by atoms with Crippen LogP contribution in [0.25, 0.3) is 0 Å². The molecule has 0 saturated heterocycles. The lowest BCUT2D eigenvalue weighted by Crippen LogP contribution is -2.33. The van der Waals surface area contributed by atoms with Crippen LogP contribution in [0.3, 0.4) is 0 Å². The maximum absolute atomic E-state index is 5.81. The van der Waals surface area contributed by atoms with Gasteiger partial charge in [0.25, 0.3) is 0 Å². The molecule has 0 aromatic heterocycles. The predicted molar refractivity (Wildman–Crippen MR) is 463 cm³/mol. The highest BCUT2D eigenvalue weighted by atomic mass is 16.5. The van der Waals surface area contributed by atoms with Gasteiger partial charge in [-0.05, 0) is 187 Å². The lowest BCUT2D eigenvalue weighted by atomic mass is 9.68. The number of aryl methyl sites for hydroxylation is 1. The van der Waals surface area contributed by atoms with Gasteiger partial charge in [0.15, 0.2) is 0 Å². The topological polar surface area (TPSA) is 27.7 Å². The molecule has 0 bridgehead atoms. The van der Waals surface area contributed by atoms with Gasteiger partial charge in [-0.1, -0.05) is 369 Å². The van der Waals surface area contributed by atoms with Crippen LogP contribution in [0.1, 0.15) is 360 Å². The SMILES string of the molecule is C=C/C=C/C.C=C/C=C/CC.C=C/C=C/CCCC.C=C/C=C/CCCCC.C=CCCCC.C=CCCCCC.C=CCCCOc1ccc(C)cc1.CCCC/C=C/C=C(C)C.CCCC=C(C)C.CCCCCCCOCC1(CC)CCC1.CCCCCOCC1(CC)CCC1. The van der Waals surface area contributed by atoms with Crippen molar-refractivity contribution in [1.82, 2.24) is 0 Å². The Kier molecular flexibility index (Phi) is 113. The minimum absolute atomic E-state index is 0.587. The van der Waals surface area contributed by atoms with E-state index in [9.17, 15) is 0 Å². The molecular weight excluding hydrogens is 1200 g/mol. The van der Waals surface area contributed by atoms with E-state index < -0.39 is 0 Å². The largest absolute Gasteiger partial charge is 0.494 e. The van der Waals surface area contributed by atoms with Crippen molar-refractivity contribution in [2.45, 2.75) is 362 Å². The van der Waals surface area contributed by atoms with E-state index in [0.29, 0.717) is 10.8 Å². The van der Waals surface area contributed by atoms with Gasteiger partial charge in [0.1, 0.15) is 5.75 Å². The Morgan fingerprint density at radius 2 is 0.758 bits per heavy atom. The average molecular weight is 1380 g/mol. The minimum Gasteiger partial charge on any atom is -0.494 e. The van der Waals surface area contributed by atoms with Gasteiger partial charge >= 0.3 is 0 Å². The maximum atomic E-state index is 5.81. The molecule has 0 N–H and O–H groups in total. The second kappa shape index (κ2) is 102. The molecule has 2 saturated carbocycles. The van der Waals surface area contributed by atoms with E-state index in [1.165, 1.54) is 241 Å². The van der Waals surface area contributed by atoms with Crippen LogP contribution in [-0.2, 0) is 9.47 Å². The number of hydrogen-bond acceptors (Lipinski definition) is 3. The number of ether oxygens (including phenoxy) is 3. The fraction of sp³-hybridized carbons (Fsp3) is 0.646. The molecule has 3 heteroatoms. The molecular formula is C96H174O3. The molecule has 1 aromatic carbocycles. The number of rotatable bonds is 46. The molecule has 2 fully saturated rings. The van der Waals surface area contributed by atoms with E-state index in [4.69, 9.17) is 14.2 Å². The highest BCUT2D eigenvalue weighted by Gasteiger charge is 2.35. The third-order valence-electron chi connectivity index (χ3n) is 16.3. The first-order valence-corrected chi connectivity index (χ1v) is 40.7. The smallest absolute Gasteiger partial charge is 0.119 e. The Morgan fingerprint density at radius 1 is 0.384 bits per heavy atom. The molecule has 0 aliphatic heterocycles. The zero-order valence-electron chi connectivity index (χ0n) is 69.9. The van der Waals surface area contributed by atoms with Gasteiger partial charge in [-0.2, -0.15) is 0 Å². The first kappa shape index (κ1) is 110. The van der Waals surface area contributed by atoms with E-state index in [1.54, 1.807) is 12.2 Å². The summed E-state index contributed by atoms with van der Waals surface area (Å²) in [6.45, 7) is 66.8. The number of unbranched alkanes of at least 4 members (excludes halogenated alkanes) is 20. The predicted octanol–water partition coefficient (Wildman–Crippen LogP) is 33.3. The van der Waals surface area contributed by atoms with Crippen LogP contribution in [0, 0.1) is 17.8 Å². The van der Waals surface area contributed by atoms with Crippen molar-refractivity contribution in [3.8, 4) is 5.75 Å². The van der Waals surface area contributed by atoms with Crippen molar-refractivity contribution in [3.63, 3.8) is 0 Å². The van der Waals surface area contributed by atoms with Crippen LogP contribution in [-0.4, -0.2) is 33.0 Å². The summed E-state index contributed by atoms with van der Waals surface area (Å²) in [4.78, 5) is 0. The summed E-state index contributed by atoms with van der Waals surface area (Å²) >= 11 is 0. The Morgan fingerprint density at radius 3 is 1.09 bits per heavy atom. The molecule has 0 heterocycles. The van der Waals surface area contributed by atoms with Crippen molar-refractivity contribution < 1.29 is 14.2 Å². The van der Waals surface area contributed by atoms with Gasteiger partial charge < -0.3 is 14.2 Å². The second-order valence-electron chi connectivity index (χ2n) is 26.6. The van der Waals surface area contributed by atoms with E-state index in [-0.39, 0.29) is 0 Å². The Bertz CT molecular complexity index is 1940. The Balaban J connectivity index is -0.000000156. The highest BCUT2D eigenvalue weighted by molar-refractivity contribution is 5.26. The summed E-state index contributed by atoms with van der Waals surface area (Å²) < 4.78 is 17.1. The Hall–Kier alpha value is -4.70. The lowest BCUT2D eigenvalue weighted by Gasteiger charge is -2.40. The number of allylic oxidation sites excluding steroid dienone is 21. The van der Waals surface area contributed by atoms with Gasteiger partial charge in [0, 0.05) is 13.2 Å². The van der Waals surface area contributed by atoms with Crippen molar-refractivity contribution in [1.29, 1.82) is 0 Å². The van der Waals surface area contributed by atoms with Gasteiger partial charge in [0.05, 0.1) is 19.8 Å². The third-order valence-corrected chi connectivity index (χ3v) is 16.3. The number of benzene rings is 1. The van der Waals surface area contributed by atoms with Crippen molar-refractivity contribution in [2.24, 2.45) is 10.8 Å². The standard InChI is InChI=1S/C14H28O.C12H16O.C12H24O.C10H18.C9H16.C8H14.2C7H14.C6H12.C6H10.C5H8/c1-3-5-6-7-8-12-15-13-14(4-2)10-9-11-14;1-3-4-5-10-13-12-8-6-11(2)7-9-12;1-3-5-6-10-13-11-12(4-2)8-7-9-12;1-4-5-6-7-8-9-10(2)3;1-3-5-7-9-8-6-4-2;1-3-5-7-8-6-4-2;1-4-5-6-7(2)3;1-3-5-7-6-4-2;2*1-3-5-6-4-2;1-3-5-4-2/h3-13H2,1-2H3;3,6-9H,1,4-5,10H2,2H3;3-11H2,1-2H3;7-9H,4-6H2,1-3H3;3,5,7H,1,4,6,8-9H2,2H3;3,5,7H,1,4,6,8H2,2H3;6H,4-5H2,1-3H3;3H,1,4-7H2,2H3;3H,1,4-6H2,2H3;3,5-6H,1,4H2,2H3;3-5H,1H2,2H3/b;;;8-7+;2*7-5+;;;;6-5+;5-4+. The molecule has 0 atom stereocenters. The zero-order chi connectivity index (χ0) is 76.1. The molecule has 0 spiro atoms. The maximum Gasteiger partial charge on any atom is 0.119 e. The lowest BCUT2D eigenvalue weighted by molar-refractivity contribution is -0.00996. The molecule has 1 aromatic rings. The van der Waals surface area contributed by atoms with Crippen molar-refractivity contribution in [2.75, 3.05) is 33.0 Å². The third kappa shape index (κ3) is 107. The fourth-order valence-electron chi connectivity index (χ4n) is 9.03. The molecule has 3 rings (SSSR count). The average Bonchev–Trinajstić information content (AvgIpc) is 0.857. The first-order valence-electron chi connectivity index (χ1n) is 40.7. The fourth-order valence-corrected chi connectivity index (χ4v) is 9.03. The van der Waals surface area contributed by atoms with Gasteiger partial charge in [-0.15, -0.1) is 19.7 Å². The number of hydrogen-bond donors (Lipinski definition) is 0. The van der Waals surface area contributed by atoms with Crippen molar-refractivity contribution >= 4 is 0 Å². The summed E-state index contributed by atoms with van der Waals surface area (Å²) in [6.07, 6.45) is 87.0.